The zero-order chi connectivity index (χ0) is 12.6. The molecule has 0 aliphatic rings. The molecule has 16 heavy (non-hydrogen) atoms. The van der Waals surface area contributed by atoms with Gasteiger partial charge in [0.05, 0.1) is 0 Å². The number of amides is 1. The van der Waals surface area contributed by atoms with Gasteiger partial charge in [0.1, 0.15) is 6.04 Å². The summed E-state index contributed by atoms with van der Waals surface area (Å²) in [6.45, 7) is 3.52. The highest BCUT2D eigenvalue weighted by molar-refractivity contribution is 5.83. The average Bonchev–Trinajstić information content (AvgIpc) is 2.20. The Morgan fingerprint density at radius 2 is 2.00 bits per heavy atom. The van der Waals surface area contributed by atoms with E-state index in [0.717, 1.165) is 6.42 Å². The minimum absolute atomic E-state index is 0.118. The summed E-state index contributed by atoms with van der Waals surface area (Å²) in [5.74, 6) is 1.16. The fourth-order valence-corrected chi connectivity index (χ4v) is 1.27. The van der Waals surface area contributed by atoms with E-state index >= 15 is 0 Å². The molecular formula is C12H19NO3. The highest BCUT2D eigenvalue weighted by Gasteiger charge is 2.22. The fourth-order valence-electron chi connectivity index (χ4n) is 1.27. The Morgan fingerprint density at radius 3 is 2.44 bits per heavy atom. The smallest absolute Gasteiger partial charge is 0.326 e. The van der Waals surface area contributed by atoms with E-state index in [1.54, 1.807) is 13.8 Å². The number of aliphatic carboxylic acids is 1. The molecule has 4 nitrogen and oxygen atoms in total. The summed E-state index contributed by atoms with van der Waals surface area (Å²) in [5.41, 5.74) is 0. The minimum atomic E-state index is -0.994. The molecule has 1 amide bonds. The van der Waals surface area contributed by atoms with Gasteiger partial charge in [-0.25, -0.2) is 4.79 Å². The van der Waals surface area contributed by atoms with Crippen molar-refractivity contribution in [3.05, 3.63) is 0 Å². The van der Waals surface area contributed by atoms with Crippen LogP contribution in [0.2, 0.25) is 0 Å². The van der Waals surface area contributed by atoms with Gasteiger partial charge in [-0.3, -0.25) is 4.79 Å². The monoisotopic (exact) mass is 225 g/mol. The van der Waals surface area contributed by atoms with Crippen molar-refractivity contribution in [2.24, 2.45) is 5.92 Å². The summed E-state index contributed by atoms with van der Waals surface area (Å²) < 4.78 is 0. The summed E-state index contributed by atoms with van der Waals surface area (Å²) in [4.78, 5) is 22.2. The normalized spacial score (nSPS) is 11.9. The maximum absolute atomic E-state index is 11.4. The number of carbonyl (C=O) groups excluding carboxylic acids is 1. The molecule has 0 heterocycles. The van der Waals surface area contributed by atoms with Crippen LogP contribution < -0.4 is 5.32 Å². The van der Waals surface area contributed by atoms with Crippen molar-refractivity contribution in [1.29, 1.82) is 0 Å². The molecule has 0 fully saturated rings. The number of rotatable bonds is 7. The van der Waals surface area contributed by atoms with E-state index in [0.29, 0.717) is 19.3 Å². The molecule has 0 spiro atoms. The van der Waals surface area contributed by atoms with Gasteiger partial charge in [-0.2, -0.15) is 0 Å². The number of carbonyl (C=O) groups is 2. The first-order chi connectivity index (χ1) is 7.49. The Balaban J connectivity index is 3.93. The van der Waals surface area contributed by atoms with Gasteiger partial charge in [-0.05, 0) is 18.8 Å². The van der Waals surface area contributed by atoms with E-state index in [1.807, 2.05) is 0 Å². The van der Waals surface area contributed by atoms with Crippen molar-refractivity contribution < 1.29 is 14.7 Å². The number of hydrogen-bond donors (Lipinski definition) is 2. The molecule has 0 aromatic heterocycles. The highest BCUT2D eigenvalue weighted by Crippen LogP contribution is 2.04. The first kappa shape index (κ1) is 14.5. The van der Waals surface area contributed by atoms with Crippen LogP contribution in [0.25, 0.3) is 0 Å². The van der Waals surface area contributed by atoms with E-state index in [1.165, 1.54) is 0 Å². The largest absolute Gasteiger partial charge is 0.480 e. The molecule has 0 aromatic rings. The minimum Gasteiger partial charge on any atom is -0.480 e. The first-order valence-corrected chi connectivity index (χ1v) is 5.44. The molecule has 0 aliphatic heterocycles. The molecule has 0 bridgehead atoms. The van der Waals surface area contributed by atoms with E-state index in [2.05, 4.69) is 11.2 Å². The SMILES string of the molecule is C#CCCCCC(=O)NC(C(=O)O)C(C)C. The summed E-state index contributed by atoms with van der Waals surface area (Å²) in [6, 6.07) is -0.805. The van der Waals surface area contributed by atoms with Crippen LogP contribution in [0.5, 0.6) is 0 Å². The topological polar surface area (TPSA) is 66.4 Å². The highest BCUT2D eigenvalue weighted by atomic mass is 16.4. The number of carboxylic acids is 1. The predicted octanol–water partition coefficient (Wildman–Crippen LogP) is 1.41. The van der Waals surface area contributed by atoms with Crippen LogP contribution in [-0.2, 0) is 9.59 Å². The Labute approximate surface area is 96.4 Å². The van der Waals surface area contributed by atoms with Gasteiger partial charge in [0.2, 0.25) is 5.91 Å². The van der Waals surface area contributed by atoms with Gasteiger partial charge in [-0.15, -0.1) is 12.3 Å². The second-order valence-corrected chi connectivity index (χ2v) is 4.04. The zero-order valence-electron chi connectivity index (χ0n) is 9.82. The van der Waals surface area contributed by atoms with Gasteiger partial charge in [0.15, 0.2) is 0 Å². The van der Waals surface area contributed by atoms with Crippen LogP contribution in [0, 0.1) is 18.3 Å². The lowest BCUT2D eigenvalue weighted by molar-refractivity contribution is -0.143. The fraction of sp³-hybridized carbons (Fsp3) is 0.667. The van der Waals surface area contributed by atoms with Crippen molar-refractivity contribution in [2.75, 3.05) is 0 Å². The van der Waals surface area contributed by atoms with E-state index < -0.39 is 12.0 Å². The number of hydrogen-bond acceptors (Lipinski definition) is 2. The van der Waals surface area contributed by atoms with Crippen molar-refractivity contribution in [3.63, 3.8) is 0 Å². The zero-order valence-corrected chi connectivity index (χ0v) is 9.82. The van der Waals surface area contributed by atoms with Gasteiger partial charge >= 0.3 is 5.97 Å². The molecule has 0 saturated carbocycles. The summed E-state index contributed by atoms with van der Waals surface area (Å²) in [5, 5.41) is 11.4. The molecule has 0 rings (SSSR count). The molecule has 0 aromatic carbocycles. The van der Waals surface area contributed by atoms with Crippen LogP contribution in [0.15, 0.2) is 0 Å². The molecule has 0 saturated heterocycles. The van der Waals surface area contributed by atoms with Crippen molar-refractivity contribution in [3.8, 4) is 12.3 Å². The Hall–Kier alpha value is -1.50. The lowest BCUT2D eigenvalue weighted by atomic mass is 10.0. The Morgan fingerprint density at radius 1 is 1.38 bits per heavy atom. The van der Waals surface area contributed by atoms with Crippen LogP contribution in [0.3, 0.4) is 0 Å². The van der Waals surface area contributed by atoms with Crippen molar-refractivity contribution in [2.45, 2.75) is 45.6 Å². The number of nitrogens with one attached hydrogen (secondary N) is 1. The van der Waals surface area contributed by atoms with E-state index in [9.17, 15) is 9.59 Å². The van der Waals surface area contributed by atoms with Crippen molar-refractivity contribution in [1.82, 2.24) is 5.32 Å². The molecule has 1 unspecified atom stereocenters. The average molecular weight is 225 g/mol. The number of unbranched alkanes of at least 4 members (excludes halogenated alkanes) is 2. The molecule has 2 N–H and O–H groups in total. The Kier molecular flexibility index (Phi) is 7.02. The van der Waals surface area contributed by atoms with E-state index in [4.69, 9.17) is 11.5 Å². The van der Waals surface area contributed by atoms with Gasteiger partial charge in [0.25, 0.3) is 0 Å². The van der Waals surface area contributed by atoms with Gasteiger partial charge < -0.3 is 10.4 Å². The van der Waals surface area contributed by atoms with Crippen LogP contribution in [0.1, 0.15) is 39.5 Å². The molecule has 1 atom stereocenters. The second kappa shape index (κ2) is 7.75. The lowest BCUT2D eigenvalue weighted by Gasteiger charge is -2.17. The van der Waals surface area contributed by atoms with Gasteiger partial charge in [-0.1, -0.05) is 13.8 Å². The molecular weight excluding hydrogens is 206 g/mol. The quantitative estimate of drug-likeness (QED) is 0.508. The van der Waals surface area contributed by atoms with Crippen LogP contribution >= 0.6 is 0 Å². The third kappa shape index (κ3) is 6.07. The standard InChI is InChI=1S/C12H19NO3/c1-4-5-6-7-8-10(14)13-11(9(2)3)12(15)16/h1,9,11H,5-8H2,2-3H3,(H,13,14)(H,15,16). The first-order valence-electron chi connectivity index (χ1n) is 5.44. The van der Waals surface area contributed by atoms with Crippen LogP contribution in [0.4, 0.5) is 0 Å². The molecule has 90 valence electrons. The number of terminal acetylenes is 1. The maximum Gasteiger partial charge on any atom is 0.326 e. The summed E-state index contributed by atoms with van der Waals surface area (Å²) in [6.07, 6.45) is 7.55. The maximum atomic E-state index is 11.4. The number of carboxylic acid groups (broad SMARTS) is 1. The predicted molar refractivity (Wildman–Crippen MR) is 61.7 cm³/mol. The van der Waals surface area contributed by atoms with Gasteiger partial charge in [0, 0.05) is 12.8 Å². The second-order valence-electron chi connectivity index (χ2n) is 4.04. The summed E-state index contributed by atoms with van der Waals surface area (Å²) in [7, 11) is 0. The third-order valence-electron chi connectivity index (χ3n) is 2.22. The molecule has 0 aliphatic carbocycles. The molecule has 0 radical (unpaired) electrons. The summed E-state index contributed by atoms with van der Waals surface area (Å²) >= 11 is 0. The van der Waals surface area contributed by atoms with E-state index in [-0.39, 0.29) is 11.8 Å². The Bertz CT molecular complexity index is 278. The van der Waals surface area contributed by atoms with Crippen molar-refractivity contribution >= 4 is 11.9 Å². The molecule has 4 heteroatoms. The third-order valence-corrected chi connectivity index (χ3v) is 2.22. The lowest BCUT2D eigenvalue weighted by Crippen LogP contribution is -2.44. The van der Waals surface area contributed by atoms with Crippen LogP contribution in [-0.4, -0.2) is 23.0 Å².